The van der Waals surface area contributed by atoms with Gasteiger partial charge in [0.2, 0.25) is 5.91 Å². The summed E-state index contributed by atoms with van der Waals surface area (Å²) in [6.07, 6.45) is 1.71. The van der Waals surface area contributed by atoms with Gasteiger partial charge in [-0.2, -0.15) is 0 Å². The van der Waals surface area contributed by atoms with Gasteiger partial charge in [-0.25, -0.2) is 13.8 Å². The molecule has 2 heterocycles. The van der Waals surface area contributed by atoms with E-state index in [1.54, 1.807) is 28.8 Å². The smallest absolute Gasteiger partial charge is 0.243 e. The van der Waals surface area contributed by atoms with Crippen molar-refractivity contribution >= 4 is 29.0 Å². The van der Waals surface area contributed by atoms with E-state index in [1.807, 2.05) is 0 Å². The highest BCUT2D eigenvalue weighted by atomic mass is 35.5. The van der Waals surface area contributed by atoms with E-state index in [4.69, 9.17) is 11.6 Å². The van der Waals surface area contributed by atoms with Gasteiger partial charge in [0.25, 0.3) is 0 Å². The maximum absolute atomic E-state index is 13.5. The Morgan fingerprint density at radius 1 is 1.26 bits per heavy atom. The number of amides is 1. The summed E-state index contributed by atoms with van der Waals surface area (Å²) in [5, 5.41) is 1.93. The number of rotatable bonds is 3. The summed E-state index contributed by atoms with van der Waals surface area (Å²) in [6.45, 7) is 1.54. The van der Waals surface area contributed by atoms with Crippen LogP contribution in [-0.4, -0.2) is 20.7 Å². The van der Waals surface area contributed by atoms with E-state index in [-0.39, 0.29) is 0 Å². The van der Waals surface area contributed by atoms with Crippen LogP contribution in [0.4, 0.5) is 14.6 Å². The number of nitrogens with zero attached hydrogens (tertiary/aromatic N) is 2. The fourth-order valence-corrected chi connectivity index (χ4v) is 2.23. The molecule has 1 aromatic carbocycles. The van der Waals surface area contributed by atoms with Gasteiger partial charge in [-0.3, -0.25) is 9.20 Å². The minimum Gasteiger partial charge on any atom is -0.309 e. The largest absolute Gasteiger partial charge is 0.309 e. The van der Waals surface area contributed by atoms with Crippen LogP contribution in [-0.2, 0) is 4.79 Å². The van der Waals surface area contributed by atoms with E-state index >= 15 is 0 Å². The first-order chi connectivity index (χ1) is 11.0. The van der Waals surface area contributed by atoms with Crippen LogP contribution in [0.1, 0.15) is 6.92 Å². The van der Waals surface area contributed by atoms with Gasteiger partial charge >= 0.3 is 0 Å². The Morgan fingerprint density at radius 2 is 2.04 bits per heavy atom. The van der Waals surface area contributed by atoms with E-state index in [1.165, 1.54) is 13.0 Å². The average molecular weight is 336 g/mol. The number of anilines is 1. The standard InChI is InChI=1S/C16H12ClF2N3O/c1-9(17)16(23)21-15-14(10-5-6-11(18)12(19)8-10)20-13-4-2-3-7-22(13)15/h2-9H,1H3,(H,21,23)/t9-/m0/s1. The summed E-state index contributed by atoms with van der Waals surface area (Å²) in [5.74, 6) is -2.00. The van der Waals surface area contributed by atoms with Crippen LogP contribution in [0, 0.1) is 11.6 Å². The van der Waals surface area contributed by atoms with Gasteiger partial charge in [0.1, 0.15) is 22.5 Å². The minimum absolute atomic E-state index is 0.334. The summed E-state index contributed by atoms with van der Waals surface area (Å²) in [7, 11) is 0. The summed E-state index contributed by atoms with van der Waals surface area (Å²) in [5.41, 5.74) is 1.25. The Balaban J connectivity index is 2.18. The molecule has 23 heavy (non-hydrogen) atoms. The van der Waals surface area contributed by atoms with Crippen LogP contribution in [0.3, 0.4) is 0 Å². The van der Waals surface area contributed by atoms with Crippen LogP contribution in [0.2, 0.25) is 0 Å². The fraction of sp³-hybridized carbons (Fsp3) is 0.125. The first kappa shape index (κ1) is 15.4. The molecule has 0 aliphatic heterocycles. The van der Waals surface area contributed by atoms with Gasteiger partial charge < -0.3 is 5.32 Å². The highest BCUT2D eigenvalue weighted by Crippen LogP contribution is 2.30. The number of hydrogen-bond donors (Lipinski definition) is 1. The lowest BCUT2D eigenvalue weighted by molar-refractivity contribution is -0.115. The van der Waals surface area contributed by atoms with Crippen molar-refractivity contribution in [3.05, 3.63) is 54.2 Å². The van der Waals surface area contributed by atoms with Crippen molar-refractivity contribution in [1.82, 2.24) is 9.38 Å². The molecule has 3 rings (SSSR count). The third-order valence-electron chi connectivity index (χ3n) is 3.33. The lowest BCUT2D eigenvalue weighted by Crippen LogP contribution is -2.21. The van der Waals surface area contributed by atoms with Crippen LogP contribution in [0.25, 0.3) is 16.9 Å². The first-order valence-electron chi connectivity index (χ1n) is 6.85. The molecule has 0 bridgehead atoms. The number of benzene rings is 1. The topological polar surface area (TPSA) is 46.4 Å². The summed E-state index contributed by atoms with van der Waals surface area (Å²) in [6, 6.07) is 8.75. The predicted octanol–water partition coefficient (Wildman–Crippen LogP) is 3.85. The molecule has 0 unspecified atom stereocenters. The maximum atomic E-state index is 13.5. The monoisotopic (exact) mass is 335 g/mol. The second-order valence-electron chi connectivity index (χ2n) is 4.97. The highest BCUT2D eigenvalue weighted by molar-refractivity contribution is 6.32. The molecular weight excluding hydrogens is 324 g/mol. The van der Waals surface area contributed by atoms with Crippen molar-refractivity contribution in [2.45, 2.75) is 12.3 Å². The van der Waals surface area contributed by atoms with Gasteiger partial charge in [-0.05, 0) is 37.3 Å². The normalized spacial score (nSPS) is 12.3. The quantitative estimate of drug-likeness (QED) is 0.739. The van der Waals surface area contributed by atoms with Gasteiger partial charge in [0.15, 0.2) is 11.6 Å². The van der Waals surface area contributed by atoms with Crippen molar-refractivity contribution < 1.29 is 13.6 Å². The average Bonchev–Trinajstić information content (AvgIpc) is 2.89. The third-order valence-corrected chi connectivity index (χ3v) is 3.52. The van der Waals surface area contributed by atoms with Crippen molar-refractivity contribution in [3.8, 4) is 11.3 Å². The molecule has 1 atom stereocenters. The lowest BCUT2D eigenvalue weighted by Gasteiger charge is -2.09. The molecule has 1 amide bonds. The Bertz CT molecular complexity index is 892. The minimum atomic E-state index is -0.984. The van der Waals surface area contributed by atoms with E-state index < -0.39 is 22.9 Å². The molecular formula is C16H12ClF2N3O. The number of nitrogens with one attached hydrogen (secondary N) is 1. The second-order valence-corrected chi connectivity index (χ2v) is 5.63. The SMILES string of the molecule is C[C@H](Cl)C(=O)Nc1c(-c2ccc(F)c(F)c2)nc2ccccn12. The fourth-order valence-electron chi connectivity index (χ4n) is 2.18. The molecule has 0 fully saturated rings. The molecule has 7 heteroatoms. The molecule has 1 N–H and O–H groups in total. The molecule has 3 aromatic rings. The number of carbonyl (C=O) groups is 1. The lowest BCUT2D eigenvalue weighted by atomic mass is 10.1. The molecule has 4 nitrogen and oxygen atoms in total. The van der Waals surface area contributed by atoms with E-state index in [0.29, 0.717) is 22.7 Å². The van der Waals surface area contributed by atoms with E-state index in [0.717, 1.165) is 12.1 Å². The van der Waals surface area contributed by atoms with Crippen LogP contribution >= 0.6 is 11.6 Å². The predicted molar refractivity (Wildman–Crippen MR) is 84.5 cm³/mol. The van der Waals surface area contributed by atoms with Crippen LogP contribution in [0.15, 0.2) is 42.6 Å². The number of hydrogen-bond acceptors (Lipinski definition) is 2. The summed E-state index contributed by atoms with van der Waals surface area (Å²) < 4.78 is 28.3. The van der Waals surface area contributed by atoms with Crippen molar-refractivity contribution in [3.63, 3.8) is 0 Å². The van der Waals surface area contributed by atoms with Gasteiger partial charge in [0.05, 0.1) is 0 Å². The van der Waals surface area contributed by atoms with E-state index in [9.17, 15) is 13.6 Å². The zero-order valence-corrected chi connectivity index (χ0v) is 12.8. The third kappa shape index (κ3) is 2.90. The van der Waals surface area contributed by atoms with Gasteiger partial charge in [0, 0.05) is 11.8 Å². The molecule has 0 spiro atoms. The number of carbonyl (C=O) groups excluding carboxylic acids is 1. The Kier molecular flexibility index (Phi) is 4.00. The molecule has 0 saturated heterocycles. The van der Waals surface area contributed by atoms with E-state index in [2.05, 4.69) is 10.3 Å². The Hall–Kier alpha value is -2.47. The number of fused-ring (bicyclic) bond motifs is 1. The van der Waals surface area contributed by atoms with Crippen molar-refractivity contribution in [2.75, 3.05) is 5.32 Å². The molecule has 118 valence electrons. The molecule has 0 radical (unpaired) electrons. The Labute approximate surface area is 135 Å². The van der Waals surface area contributed by atoms with Crippen molar-refractivity contribution in [1.29, 1.82) is 0 Å². The number of imidazole rings is 1. The maximum Gasteiger partial charge on any atom is 0.243 e. The van der Waals surface area contributed by atoms with Gasteiger partial charge in [-0.15, -0.1) is 11.6 Å². The van der Waals surface area contributed by atoms with Crippen LogP contribution in [0.5, 0.6) is 0 Å². The van der Waals surface area contributed by atoms with Gasteiger partial charge in [-0.1, -0.05) is 6.07 Å². The van der Waals surface area contributed by atoms with Crippen LogP contribution < -0.4 is 5.32 Å². The first-order valence-corrected chi connectivity index (χ1v) is 7.28. The second kappa shape index (κ2) is 5.96. The molecule has 0 saturated carbocycles. The summed E-state index contributed by atoms with van der Waals surface area (Å²) in [4.78, 5) is 16.3. The number of alkyl halides is 1. The zero-order valence-electron chi connectivity index (χ0n) is 12.1. The summed E-state index contributed by atoms with van der Waals surface area (Å²) >= 11 is 5.79. The number of pyridine rings is 1. The van der Waals surface area contributed by atoms with Crippen molar-refractivity contribution in [2.24, 2.45) is 0 Å². The Morgan fingerprint density at radius 3 is 2.74 bits per heavy atom. The molecule has 0 aliphatic carbocycles. The number of halogens is 3. The zero-order chi connectivity index (χ0) is 16.6. The number of aromatic nitrogens is 2. The highest BCUT2D eigenvalue weighted by Gasteiger charge is 2.19. The molecule has 2 aromatic heterocycles. The molecule has 0 aliphatic rings.